The molecule has 2 aromatic carbocycles. The second-order valence-corrected chi connectivity index (χ2v) is 7.73. The topological polar surface area (TPSA) is 94.3 Å². The third-order valence-electron chi connectivity index (χ3n) is 3.79. The van der Waals surface area contributed by atoms with E-state index in [0.717, 1.165) is 0 Å². The van der Waals surface area contributed by atoms with Gasteiger partial charge in [-0.25, -0.2) is 18.2 Å². The first kappa shape index (κ1) is 17.0. The molecular weight excluding hydrogens is 342 g/mol. The van der Waals surface area contributed by atoms with Gasteiger partial charge in [0.25, 0.3) is 0 Å². The molecule has 6 nitrogen and oxygen atoms in total. The number of rotatable bonds is 5. The maximum absolute atomic E-state index is 12.3. The van der Waals surface area contributed by atoms with Gasteiger partial charge in [-0.15, -0.1) is 0 Å². The maximum atomic E-state index is 12.3. The highest BCUT2D eigenvalue weighted by atomic mass is 32.2. The Morgan fingerprint density at radius 3 is 2.52 bits per heavy atom. The van der Waals surface area contributed by atoms with Crippen LogP contribution in [0.1, 0.15) is 23.0 Å². The van der Waals surface area contributed by atoms with Crippen molar-refractivity contribution in [2.24, 2.45) is 0 Å². The number of hydrogen-bond donors (Lipinski definition) is 0. The van der Waals surface area contributed by atoms with Gasteiger partial charge in [-0.3, -0.25) is 4.79 Å². The van der Waals surface area contributed by atoms with Gasteiger partial charge in [0.1, 0.15) is 11.2 Å². The van der Waals surface area contributed by atoms with Crippen molar-refractivity contribution in [1.82, 2.24) is 4.98 Å². The van der Waals surface area contributed by atoms with Gasteiger partial charge in [0.15, 0.2) is 21.2 Å². The molecule has 0 N–H and O–H groups in total. The average Bonchev–Trinajstić information content (AvgIpc) is 2.62. The smallest absolute Gasteiger partial charge is 0.358 e. The average molecular weight is 357 g/mol. The molecular formula is C18H15NO5S. The Morgan fingerprint density at radius 1 is 1.12 bits per heavy atom. The fourth-order valence-electron chi connectivity index (χ4n) is 2.37. The second kappa shape index (κ2) is 6.60. The standard InChI is InChI=1S/C18H15NO5S/c1-2-25(22,23)13-8-9-17-14(10-13)19-15(18(21)24-17)11-16(20)12-6-4-3-5-7-12/h3-10H,2,11H2,1H3. The zero-order valence-corrected chi connectivity index (χ0v) is 14.2. The minimum atomic E-state index is -3.41. The first-order valence-electron chi connectivity index (χ1n) is 7.65. The molecule has 0 spiro atoms. The van der Waals surface area contributed by atoms with E-state index < -0.39 is 15.5 Å². The predicted octanol–water partition coefficient (Wildman–Crippen LogP) is 2.41. The highest BCUT2D eigenvalue weighted by Crippen LogP contribution is 2.18. The molecule has 25 heavy (non-hydrogen) atoms. The second-order valence-electron chi connectivity index (χ2n) is 5.45. The van der Waals surface area contributed by atoms with Crippen molar-refractivity contribution in [1.29, 1.82) is 0 Å². The number of aromatic nitrogens is 1. The fraction of sp³-hybridized carbons (Fsp3) is 0.167. The van der Waals surface area contributed by atoms with Crippen LogP contribution >= 0.6 is 0 Å². The summed E-state index contributed by atoms with van der Waals surface area (Å²) in [6, 6.07) is 12.7. The lowest BCUT2D eigenvalue weighted by molar-refractivity contribution is 0.0991. The molecule has 0 radical (unpaired) electrons. The van der Waals surface area contributed by atoms with Gasteiger partial charge in [0.05, 0.1) is 17.1 Å². The minimum Gasteiger partial charge on any atom is -0.420 e. The summed E-state index contributed by atoms with van der Waals surface area (Å²) in [6.07, 6.45) is -0.215. The molecule has 3 aromatic rings. The van der Waals surface area contributed by atoms with E-state index in [2.05, 4.69) is 4.98 Å². The van der Waals surface area contributed by atoms with Crippen molar-refractivity contribution in [3.05, 3.63) is 70.2 Å². The highest BCUT2D eigenvalue weighted by Gasteiger charge is 2.16. The fourth-order valence-corrected chi connectivity index (χ4v) is 3.27. The largest absolute Gasteiger partial charge is 0.420 e. The van der Waals surface area contributed by atoms with Gasteiger partial charge in [-0.1, -0.05) is 37.3 Å². The number of fused-ring (bicyclic) bond motifs is 1. The molecule has 3 rings (SSSR count). The lowest BCUT2D eigenvalue weighted by atomic mass is 10.1. The van der Waals surface area contributed by atoms with Crippen molar-refractivity contribution in [2.45, 2.75) is 18.2 Å². The number of sulfone groups is 1. The summed E-state index contributed by atoms with van der Waals surface area (Å²) in [5, 5.41) is 0. The van der Waals surface area contributed by atoms with Gasteiger partial charge in [0.2, 0.25) is 0 Å². The molecule has 0 bridgehead atoms. The van der Waals surface area contributed by atoms with Crippen LogP contribution in [0.4, 0.5) is 0 Å². The Bertz CT molecular complexity index is 1100. The molecule has 128 valence electrons. The van der Waals surface area contributed by atoms with Crippen LogP contribution in [0.5, 0.6) is 0 Å². The number of nitrogens with zero attached hydrogens (tertiary/aromatic N) is 1. The first-order valence-corrected chi connectivity index (χ1v) is 9.31. The van der Waals surface area contributed by atoms with E-state index in [1.807, 2.05) is 0 Å². The molecule has 0 aliphatic rings. The number of hydrogen-bond acceptors (Lipinski definition) is 6. The lowest BCUT2D eigenvalue weighted by Gasteiger charge is -2.04. The van der Waals surface area contributed by atoms with E-state index in [-0.39, 0.29) is 39.6 Å². The molecule has 7 heteroatoms. The van der Waals surface area contributed by atoms with Crippen LogP contribution in [-0.2, 0) is 16.3 Å². The molecule has 0 saturated carbocycles. The Kier molecular flexibility index (Phi) is 4.50. The summed E-state index contributed by atoms with van der Waals surface area (Å²) in [5.74, 6) is -0.314. The summed E-state index contributed by atoms with van der Waals surface area (Å²) >= 11 is 0. The van der Waals surface area contributed by atoms with Crippen LogP contribution in [0.2, 0.25) is 0 Å². The third-order valence-corrected chi connectivity index (χ3v) is 5.52. The zero-order valence-electron chi connectivity index (χ0n) is 13.4. The van der Waals surface area contributed by atoms with E-state index in [1.54, 1.807) is 37.3 Å². The van der Waals surface area contributed by atoms with Crippen LogP contribution < -0.4 is 5.63 Å². The van der Waals surface area contributed by atoms with Crippen molar-refractivity contribution >= 4 is 26.7 Å². The zero-order chi connectivity index (χ0) is 18.0. The molecule has 0 saturated heterocycles. The Morgan fingerprint density at radius 2 is 1.84 bits per heavy atom. The van der Waals surface area contributed by atoms with E-state index in [9.17, 15) is 18.0 Å². The molecule has 0 fully saturated rings. The SMILES string of the molecule is CCS(=O)(=O)c1ccc2oc(=O)c(CC(=O)c3ccccc3)nc2c1. The van der Waals surface area contributed by atoms with Gasteiger partial charge in [-0.2, -0.15) is 0 Å². The quantitative estimate of drug-likeness (QED) is 0.651. The summed E-state index contributed by atoms with van der Waals surface area (Å²) in [4.78, 5) is 28.6. The van der Waals surface area contributed by atoms with E-state index in [1.165, 1.54) is 18.2 Å². The van der Waals surface area contributed by atoms with E-state index in [0.29, 0.717) is 5.56 Å². The van der Waals surface area contributed by atoms with Crippen LogP contribution in [-0.4, -0.2) is 24.9 Å². The van der Waals surface area contributed by atoms with E-state index >= 15 is 0 Å². The number of carbonyl (C=O) groups is 1. The van der Waals surface area contributed by atoms with Crippen molar-refractivity contribution in [2.75, 3.05) is 5.75 Å². The van der Waals surface area contributed by atoms with Crippen molar-refractivity contribution in [3.63, 3.8) is 0 Å². The van der Waals surface area contributed by atoms with Crippen molar-refractivity contribution < 1.29 is 17.6 Å². The molecule has 0 aliphatic heterocycles. The molecule has 0 aliphatic carbocycles. The predicted molar refractivity (Wildman–Crippen MR) is 92.5 cm³/mol. The van der Waals surface area contributed by atoms with Crippen LogP contribution in [0.3, 0.4) is 0 Å². The summed E-state index contributed by atoms with van der Waals surface area (Å²) in [7, 11) is -3.41. The van der Waals surface area contributed by atoms with Gasteiger partial charge < -0.3 is 4.42 Å². The van der Waals surface area contributed by atoms with Crippen molar-refractivity contribution in [3.8, 4) is 0 Å². The number of Topliss-reactive ketones (excluding diaryl/α,β-unsaturated/α-hetero) is 1. The third kappa shape index (κ3) is 3.51. The van der Waals surface area contributed by atoms with Crippen LogP contribution in [0, 0.1) is 0 Å². The minimum absolute atomic E-state index is 0.0470. The summed E-state index contributed by atoms with van der Waals surface area (Å²) in [6.45, 7) is 1.54. The van der Waals surface area contributed by atoms with Gasteiger partial charge >= 0.3 is 5.63 Å². The lowest BCUT2D eigenvalue weighted by Crippen LogP contribution is -2.16. The van der Waals surface area contributed by atoms with E-state index in [4.69, 9.17) is 4.42 Å². The summed E-state index contributed by atoms with van der Waals surface area (Å²) < 4.78 is 29.1. The molecule has 0 amide bonds. The normalized spacial score (nSPS) is 11.6. The molecule has 1 heterocycles. The number of benzene rings is 2. The molecule has 0 atom stereocenters. The Labute approximate surface area is 144 Å². The number of ketones is 1. The molecule has 1 aromatic heterocycles. The van der Waals surface area contributed by atoms with Gasteiger partial charge in [-0.05, 0) is 18.2 Å². The first-order chi connectivity index (χ1) is 11.9. The monoisotopic (exact) mass is 357 g/mol. The molecule has 0 unspecified atom stereocenters. The van der Waals surface area contributed by atoms with Gasteiger partial charge in [0, 0.05) is 5.56 Å². The Hall–Kier alpha value is -2.80. The highest BCUT2D eigenvalue weighted by molar-refractivity contribution is 7.91. The van der Waals surface area contributed by atoms with Crippen LogP contribution in [0.25, 0.3) is 11.1 Å². The number of carbonyl (C=O) groups excluding carboxylic acids is 1. The summed E-state index contributed by atoms with van der Waals surface area (Å²) in [5.41, 5.74) is 0.113. The Balaban J connectivity index is 2.03. The van der Waals surface area contributed by atoms with Crippen LogP contribution in [0.15, 0.2) is 62.6 Å². The maximum Gasteiger partial charge on any atom is 0.358 e.